The first-order valence-electron chi connectivity index (χ1n) is 11.1. The Kier molecular flexibility index (Phi) is 5.52. The maximum Gasteiger partial charge on any atom is 0.272 e. The van der Waals surface area contributed by atoms with E-state index in [1.807, 2.05) is 18.2 Å². The standard InChI is InChI=1S/C24H34N4O/c1-5-18-12-13-20(24(18,3)4)25-23(29)21-19-16-27(6-2)14-15-28(19)22(26-21)17-10-8-7-9-11-17/h7-11,18,20H,5-6,12-16H2,1-4H3,(H,25,29). The summed E-state index contributed by atoms with van der Waals surface area (Å²) < 4.78 is 2.26. The molecule has 5 nitrogen and oxygen atoms in total. The molecular weight excluding hydrogens is 360 g/mol. The van der Waals surface area contributed by atoms with Crippen molar-refractivity contribution in [1.82, 2.24) is 19.8 Å². The molecule has 1 aliphatic carbocycles. The number of rotatable bonds is 5. The van der Waals surface area contributed by atoms with Crippen molar-refractivity contribution in [3.05, 3.63) is 41.7 Å². The third-order valence-corrected chi connectivity index (χ3v) is 7.33. The molecule has 1 saturated carbocycles. The van der Waals surface area contributed by atoms with E-state index in [2.05, 4.69) is 54.6 Å². The highest BCUT2D eigenvalue weighted by atomic mass is 16.2. The summed E-state index contributed by atoms with van der Waals surface area (Å²) in [5.41, 5.74) is 2.86. The zero-order valence-electron chi connectivity index (χ0n) is 18.2. The van der Waals surface area contributed by atoms with Crippen molar-refractivity contribution in [2.45, 2.75) is 66.1 Å². The van der Waals surface area contributed by atoms with Crippen LogP contribution in [0.3, 0.4) is 0 Å². The van der Waals surface area contributed by atoms with Gasteiger partial charge in [0.2, 0.25) is 0 Å². The number of nitrogens with zero attached hydrogens (tertiary/aromatic N) is 3. The second-order valence-corrected chi connectivity index (χ2v) is 9.15. The molecule has 29 heavy (non-hydrogen) atoms. The van der Waals surface area contributed by atoms with E-state index in [1.54, 1.807) is 0 Å². The summed E-state index contributed by atoms with van der Waals surface area (Å²) in [7, 11) is 0. The Bertz CT molecular complexity index is 871. The summed E-state index contributed by atoms with van der Waals surface area (Å²) >= 11 is 0. The molecule has 2 heterocycles. The van der Waals surface area contributed by atoms with Crippen LogP contribution in [0.4, 0.5) is 0 Å². The molecule has 1 aromatic carbocycles. The van der Waals surface area contributed by atoms with Gasteiger partial charge in [0, 0.05) is 31.2 Å². The predicted octanol–water partition coefficient (Wildman–Crippen LogP) is 4.33. The number of carbonyl (C=O) groups is 1. The highest BCUT2D eigenvalue weighted by Gasteiger charge is 2.43. The molecule has 1 aliphatic heterocycles. The van der Waals surface area contributed by atoms with Crippen molar-refractivity contribution in [2.24, 2.45) is 11.3 Å². The first-order chi connectivity index (χ1) is 14.0. The van der Waals surface area contributed by atoms with Crippen LogP contribution >= 0.6 is 0 Å². The fourth-order valence-electron chi connectivity index (χ4n) is 5.29. The quantitative estimate of drug-likeness (QED) is 0.821. The van der Waals surface area contributed by atoms with Gasteiger partial charge in [-0.15, -0.1) is 0 Å². The number of likely N-dealkylation sites (N-methyl/N-ethyl adjacent to an activating group) is 1. The summed E-state index contributed by atoms with van der Waals surface area (Å²) in [6, 6.07) is 10.4. The zero-order chi connectivity index (χ0) is 20.6. The van der Waals surface area contributed by atoms with E-state index in [0.29, 0.717) is 11.6 Å². The van der Waals surface area contributed by atoms with E-state index in [9.17, 15) is 4.79 Å². The largest absolute Gasteiger partial charge is 0.347 e. The summed E-state index contributed by atoms with van der Waals surface area (Å²) in [5, 5.41) is 3.36. The molecule has 0 bridgehead atoms. The lowest BCUT2D eigenvalue weighted by Gasteiger charge is -2.33. The van der Waals surface area contributed by atoms with E-state index in [1.165, 1.54) is 12.8 Å². The normalized spacial score (nSPS) is 23.7. The Morgan fingerprint density at radius 2 is 1.93 bits per heavy atom. The Morgan fingerprint density at radius 3 is 2.59 bits per heavy atom. The number of fused-ring (bicyclic) bond motifs is 1. The van der Waals surface area contributed by atoms with Gasteiger partial charge in [-0.05, 0) is 30.7 Å². The lowest BCUT2D eigenvalue weighted by molar-refractivity contribution is 0.0885. The number of nitrogens with one attached hydrogen (secondary N) is 1. The molecule has 1 aromatic heterocycles. The summed E-state index contributed by atoms with van der Waals surface area (Å²) in [5.74, 6) is 1.57. The van der Waals surface area contributed by atoms with Crippen LogP contribution in [0, 0.1) is 11.3 Å². The van der Waals surface area contributed by atoms with E-state index >= 15 is 0 Å². The topological polar surface area (TPSA) is 50.2 Å². The minimum Gasteiger partial charge on any atom is -0.347 e. The molecule has 1 amide bonds. The molecule has 156 valence electrons. The van der Waals surface area contributed by atoms with Gasteiger partial charge in [0.25, 0.3) is 5.91 Å². The number of hydrogen-bond donors (Lipinski definition) is 1. The number of hydrogen-bond acceptors (Lipinski definition) is 3. The van der Waals surface area contributed by atoms with Gasteiger partial charge < -0.3 is 9.88 Å². The van der Waals surface area contributed by atoms with Gasteiger partial charge in [-0.25, -0.2) is 4.98 Å². The Hall–Kier alpha value is -2.14. The van der Waals surface area contributed by atoms with Gasteiger partial charge in [-0.1, -0.05) is 64.4 Å². The van der Waals surface area contributed by atoms with Crippen LogP contribution in [0.5, 0.6) is 0 Å². The molecule has 2 unspecified atom stereocenters. The number of aromatic nitrogens is 2. The summed E-state index contributed by atoms with van der Waals surface area (Å²) in [6.07, 6.45) is 3.41. The average molecular weight is 395 g/mol. The van der Waals surface area contributed by atoms with E-state index in [0.717, 1.165) is 49.7 Å². The lowest BCUT2D eigenvalue weighted by Crippen LogP contribution is -2.44. The molecule has 1 N–H and O–H groups in total. The molecule has 2 aromatic rings. The average Bonchev–Trinajstić information content (AvgIpc) is 3.25. The molecule has 0 radical (unpaired) electrons. The number of benzene rings is 1. The zero-order valence-corrected chi connectivity index (χ0v) is 18.2. The van der Waals surface area contributed by atoms with Crippen molar-refractivity contribution >= 4 is 5.91 Å². The Labute approximate surface area is 174 Å². The first kappa shape index (κ1) is 20.1. The second-order valence-electron chi connectivity index (χ2n) is 9.15. The van der Waals surface area contributed by atoms with Crippen LogP contribution in [0.1, 0.15) is 63.1 Å². The first-order valence-corrected chi connectivity index (χ1v) is 11.1. The smallest absolute Gasteiger partial charge is 0.272 e. The molecule has 5 heteroatoms. The number of imidazole rings is 1. The highest BCUT2D eigenvalue weighted by molar-refractivity contribution is 5.94. The van der Waals surface area contributed by atoms with Crippen LogP contribution < -0.4 is 5.32 Å². The van der Waals surface area contributed by atoms with E-state index in [-0.39, 0.29) is 17.4 Å². The SMILES string of the molecule is CCC1CCC(NC(=O)c2nc(-c3ccccc3)n3c2CN(CC)CC3)C1(C)C. The van der Waals surface area contributed by atoms with Gasteiger partial charge in [-0.2, -0.15) is 0 Å². The van der Waals surface area contributed by atoms with Gasteiger partial charge in [0.15, 0.2) is 5.69 Å². The number of carbonyl (C=O) groups excluding carboxylic acids is 1. The molecular formula is C24H34N4O. The molecule has 2 atom stereocenters. The fourth-order valence-corrected chi connectivity index (χ4v) is 5.29. The monoisotopic (exact) mass is 394 g/mol. The van der Waals surface area contributed by atoms with Crippen LogP contribution in [-0.2, 0) is 13.1 Å². The van der Waals surface area contributed by atoms with Gasteiger partial charge in [-0.3, -0.25) is 9.69 Å². The van der Waals surface area contributed by atoms with E-state index in [4.69, 9.17) is 4.98 Å². The third-order valence-electron chi connectivity index (χ3n) is 7.33. The van der Waals surface area contributed by atoms with Crippen LogP contribution in [-0.4, -0.2) is 39.5 Å². The predicted molar refractivity (Wildman–Crippen MR) is 117 cm³/mol. The maximum absolute atomic E-state index is 13.4. The van der Waals surface area contributed by atoms with Crippen LogP contribution in [0.25, 0.3) is 11.4 Å². The Morgan fingerprint density at radius 1 is 1.17 bits per heavy atom. The molecule has 0 saturated heterocycles. The van der Waals surface area contributed by atoms with Crippen molar-refractivity contribution < 1.29 is 4.79 Å². The number of amides is 1. The van der Waals surface area contributed by atoms with Crippen molar-refractivity contribution in [2.75, 3.05) is 13.1 Å². The van der Waals surface area contributed by atoms with Crippen LogP contribution in [0.2, 0.25) is 0 Å². The van der Waals surface area contributed by atoms with Gasteiger partial charge >= 0.3 is 0 Å². The second kappa shape index (κ2) is 7.94. The molecule has 0 spiro atoms. The Balaban J connectivity index is 1.66. The van der Waals surface area contributed by atoms with Crippen molar-refractivity contribution in [3.63, 3.8) is 0 Å². The van der Waals surface area contributed by atoms with Gasteiger partial charge in [0.1, 0.15) is 5.82 Å². The minimum absolute atomic E-state index is 0.0105. The van der Waals surface area contributed by atoms with Crippen molar-refractivity contribution in [1.29, 1.82) is 0 Å². The maximum atomic E-state index is 13.4. The highest BCUT2D eigenvalue weighted by Crippen LogP contribution is 2.44. The van der Waals surface area contributed by atoms with E-state index < -0.39 is 0 Å². The lowest BCUT2D eigenvalue weighted by atomic mass is 9.78. The van der Waals surface area contributed by atoms with Crippen LogP contribution in [0.15, 0.2) is 30.3 Å². The summed E-state index contributed by atoms with van der Waals surface area (Å²) in [4.78, 5) is 20.7. The van der Waals surface area contributed by atoms with Crippen molar-refractivity contribution in [3.8, 4) is 11.4 Å². The fraction of sp³-hybridized carbons (Fsp3) is 0.583. The molecule has 4 rings (SSSR count). The third kappa shape index (κ3) is 3.61. The molecule has 1 fully saturated rings. The molecule has 2 aliphatic rings. The minimum atomic E-state index is -0.0105. The summed E-state index contributed by atoms with van der Waals surface area (Å²) in [6.45, 7) is 12.7. The van der Waals surface area contributed by atoms with Gasteiger partial charge in [0.05, 0.1) is 5.69 Å².